The SMILES string of the molecule is COc1ccccc1OCC(=O)Nc1nnc(CCCCc2nnc(NC(=O)COc3ccccc3OC)s2)s1. The van der Waals surface area contributed by atoms with Gasteiger partial charge in [-0.1, -0.05) is 46.9 Å². The van der Waals surface area contributed by atoms with Gasteiger partial charge in [-0.3, -0.25) is 20.2 Å². The first-order chi connectivity index (χ1) is 19.5. The second-order valence-corrected chi connectivity index (χ2v) is 10.3. The number of carbonyl (C=O) groups excluding carboxylic acids is 2. The number of benzene rings is 2. The number of amides is 2. The first-order valence-electron chi connectivity index (χ1n) is 12.3. The van der Waals surface area contributed by atoms with Crippen molar-refractivity contribution in [1.29, 1.82) is 0 Å². The summed E-state index contributed by atoms with van der Waals surface area (Å²) in [6.07, 6.45) is 3.14. The van der Waals surface area contributed by atoms with E-state index in [1.807, 2.05) is 12.1 Å². The number of rotatable bonds is 15. The van der Waals surface area contributed by atoms with E-state index in [1.165, 1.54) is 22.7 Å². The van der Waals surface area contributed by atoms with Gasteiger partial charge in [-0.05, 0) is 37.1 Å². The molecule has 0 spiro atoms. The zero-order valence-corrected chi connectivity index (χ0v) is 23.5. The van der Waals surface area contributed by atoms with Crippen molar-refractivity contribution < 1.29 is 28.5 Å². The minimum Gasteiger partial charge on any atom is -0.493 e. The van der Waals surface area contributed by atoms with E-state index in [2.05, 4.69) is 31.0 Å². The molecular weight excluding hydrogens is 556 g/mol. The Morgan fingerprint density at radius 2 is 1.05 bits per heavy atom. The van der Waals surface area contributed by atoms with Crippen molar-refractivity contribution in [2.75, 3.05) is 38.1 Å². The van der Waals surface area contributed by atoms with Crippen LogP contribution in [0.3, 0.4) is 0 Å². The summed E-state index contributed by atoms with van der Waals surface area (Å²) in [5.41, 5.74) is 0. The Morgan fingerprint density at radius 3 is 1.45 bits per heavy atom. The minimum absolute atomic E-state index is 0.172. The van der Waals surface area contributed by atoms with E-state index < -0.39 is 0 Å². The van der Waals surface area contributed by atoms with Crippen molar-refractivity contribution in [1.82, 2.24) is 20.4 Å². The zero-order chi connectivity index (χ0) is 28.2. The molecule has 0 unspecified atom stereocenters. The quantitative estimate of drug-likeness (QED) is 0.197. The summed E-state index contributed by atoms with van der Waals surface area (Å²) >= 11 is 2.65. The molecule has 4 rings (SSSR count). The van der Waals surface area contributed by atoms with Gasteiger partial charge in [0.2, 0.25) is 10.3 Å². The summed E-state index contributed by atoms with van der Waals surface area (Å²) in [6.45, 7) is -0.344. The Kier molecular flexibility index (Phi) is 10.6. The molecule has 0 bridgehead atoms. The van der Waals surface area contributed by atoms with Gasteiger partial charge in [-0.2, -0.15) is 0 Å². The maximum Gasteiger partial charge on any atom is 0.264 e. The molecule has 0 fully saturated rings. The van der Waals surface area contributed by atoms with Crippen LogP contribution in [0.4, 0.5) is 10.3 Å². The lowest BCUT2D eigenvalue weighted by Crippen LogP contribution is -2.20. The summed E-state index contributed by atoms with van der Waals surface area (Å²) in [5, 5.41) is 24.2. The van der Waals surface area contributed by atoms with Crippen molar-refractivity contribution in [3.05, 3.63) is 58.5 Å². The van der Waals surface area contributed by atoms with Gasteiger partial charge in [-0.25, -0.2) is 0 Å². The van der Waals surface area contributed by atoms with Crippen LogP contribution < -0.4 is 29.6 Å². The van der Waals surface area contributed by atoms with Gasteiger partial charge in [0.25, 0.3) is 11.8 Å². The lowest BCUT2D eigenvalue weighted by atomic mass is 10.2. The molecule has 2 amide bonds. The molecule has 0 aliphatic rings. The molecule has 0 saturated heterocycles. The van der Waals surface area contributed by atoms with Crippen molar-refractivity contribution in [2.45, 2.75) is 25.7 Å². The molecule has 12 nitrogen and oxygen atoms in total. The van der Waals surface area contributed by atoms with E-state index in [-0.39, 0.29) is 25.0 Å². The molecular formula is C26H28N6O6S2. The van der Waals surface area contributed by atoms with Gasteiger partial charge in [0, 0.05) is 12.8 Å². The number of hydrogen-bond donors (Lipinski definition) is 2. The maximum atomic E-state index is 12.2. The number of unbranched alkanes of at least 4 members (excludes halogenated alkanes) is 1. The topological polar surface area (TPSA) is 147 Å². The Labute approximate surface area is 238 Å². The third-order valence-electron chi connectivity index (χ3n) is 5.31. The lowest BCUT2D eigenvalue weighted by molar-refractivity contribution is -0.118. The molecule has 2 aromatic carbocycles. The Hall–Kier alpha value is -4.30. The summed E-state index contributed by atoms with van der Waals surface area (Å²) in [6, 6.07) is 14.2. The van der Waals surface area contributed by atoms with Crippen LogP contribution in [0.5, 0.6) is 23.0 Å². The van der Waals surface area contributed by atoms with Crippen LogP contribution in [0.15, 0.2) is 48.5 Å². The van der Waals surface area contributed by atoms with E-state index >= 15 is 0 Å². The Morgan fingerprint density at radius 1 is 0.650 bits per heavy atom. The number of aryl methyl sites for hydroxylation is 2. The predicted molar refractivity (Wildman–Crippen MR) is 151 cm³/mol. The highest BCUT2D eigenvalue weighted by Crippen LogP contribution is 2.27. The Balaban J connectivity index is 1.13. The molecule has 14 heteroatoms. The van der Waals surface area contributed by atoms with Gasteiger partial charge in [-0.15, -0.1) is 20.4 Å². The second kappa shape index (κ2) is 14.7. The van der Waals surface area contributed by atoms with E-state index in [1.54, 1.807) is 50.6 Å². The molecule has 0 atom stereocenters. The number of carbonyl (C=O) groups is 2. The first-order valence-corrected chi connectivity index (χ1v) is 13.9. The highest BCUT2D eigenvalue weighted by molar-refractivity contribution is 7.15. The number of anilines is 2. The van der Waals surface area contributed by atoms with Gasteiger partial charge >= 0.3 is 0 Å². The standard InChI is InChI=1S/C26H28N6O6S2/c1-35-17-9-3-5-11-19(17)37-15-21(33)27-25-31-29-23(39-25)13-7-8-14-24-30-32-26(40-24)28-22(34)16-38-20-12-6-4-10-18(20)36-2/h3-6,9-12H,7-8,13-16H2,1-2H3,(H,27,31,33)(H,28,32,34). The Bertz CT molecular complexity index is 1310. The van der Waals surface area contributed by atoms with Gasteiger partial charge in [0.05, 0.1) is 14.2 Å². The number of hydrogen-bond acceptors (Lipinski definition) is 12. The molecule has 2 N–H and O–H groups in total. The van der Waals surface area contributed by atoms with Crippen molar-refractivity contribution in [3.8, 4) is 23.0 Å². The van der Waals surface area contributed by atoms with Crippen LogP contribution in [0.25, 0.3) is 0 Å². The number of nitrogens with zero attached hydrogens (tertiary/aromatic N) is 4. The van der Waals surface area contributed by atoms with Crippen molar-refractivity contribution in [2.24, 2.45) is 0 Å². The van der Waals surface area contributed by atoms with Crippen molar-refractivity contribution >= 4 is 44.8 Å². The molecule has 0 radical (unpaired) electrons. The molecule has 0 aliphatic carbocycles. The number of nitrogens with one attached hydrogen (secondary N) is 2. The first kappa shape index (κ1) is 28.7. The van der Waals surface area contributed by atoms with Crippen LogP contribution in [0, 0.1) is 0 Å². The highest BCUT2D eigenvalue weighted by Gasteiger charge is 2.13. The smallest absolute Gasteiger partial charge is 0.264 e. The molecule has 210 valence electrons. The number of aromatic nitrogens is 4. The van der Waals surface area contributed by atoms with Crippen LogP contribution in [0.2, 0.25) is 0 Å². The third-order valence-corrected chi connectivity index (χ3v) is 7.11. The lowest BCUT2D eigenvalue weighted by Gasteiger charge is -2.09. The van der Waals surface area contributed by atoms with Gasteiger partial charge in [0.1, 0.15) is 10.0 Å². The second-order valence-electron chi connectivity index (χ2n) is 8.18. The summed E-state index contributed by atoms with van der Waals surface area (Å²) in [5.74, 6) is 1.41. The van der Waals surface area contributed by atoms with Crippen molar-refractivity contribution in [3.63, 3.8) is 0 Å². The fourth-order valence-corrected chi connectivity index (χ4v) is 5.03. The maximum absolute atomic E-state index is 12.2. The normalized spacial score (nSPS) is 10.6. The van der Waals surface area contributed by atoms with Crippen LogP contribution in [-0.4, -0.2) is 59.6 Å². The summed E-state index contributed by atoms with van der Waals surface area (Å²) < 4.78 is 21.5. The molecule has 2 heterocycles. The van der Waals surface area contributed by atoms with E-state index in [4.69, 9.17) is 18.9 Å². The molecule has 4 aromatic rings. The average Bonchev–Trinajstić information content (AvgIpc) is 3.62. The van der Waals surface area contributed by atoms with Crippen LogP contribution in [0.1, 0.15) is 22.9 Å². The molecule has 2 aromatic heterocycles. The molecule has 0 saturated carbocycles. The number of methoxy groups -OCH3 is 2. The van der Waals surface area contributed by atoms with E-state index in [9.17, 15) is 9.59 Å². The van der Waals surface area contributed by atoms with Crippen LogP contribution in [-0.2, 0) is 22.4 Å². The number of para-hydroxylation sites is 4. The molecule has 40 heavy (non-hydrogen) atoms. The average molecular weight is 585 g/mol. The van der Waals surface area contributed by atoms with Gasteiger partial charge in [0.15, 0.2) is 36.2 Å². The predicted octanol–water partition coefficient (Wildman–Crippen LogP) is 4.01. The summed E-state index contributed by atoms with van der Waals surface area (Å²) in [7, 11) is 3.08. The number of ether oxygens (including phenoxy) is 4. The third kappa shape index (κ3) is 8.61. The van der Waals surface area contributed by atoms with Gasteiger partial charge < -0.3 is 18.9 Å². The fourth-order valence-electron chi connectivity index (χ4n) is 3.44. The fraction of sp³-hybridized carbons (Fsp3) is 0.308. The highest BCUT2D eigenvalue weighted by atomic mass is 32.1. The summed E-state index contributed by atoms with van der Waals surface area (Å²) in [4.78, 5) is 24.4. The minimum atomic E-state index is -0.334. The van der Waals surface area contributed by atoms with E-state index in [0.717, 1.165) is 22.9 Å². The molecule has 0 aliphatic heterocycles. The van der Waals surface area contributed by atoms with Crippen LogP contribution >= 0.6 is 22.7 Å². The largest absolute Gasteiger partial charge is 0.493 e. The monoisotopic (exact) mass is 584 g/mol. The van der Waals surface area contributed by atoms with E-state index in [0.29, 0.717) is 46.1 Å². The zero-order valence-electron chi connectivity index (χ0n) is 21.9.